The van der Waals surface area contributed by atoms with Gasteiger partial charge in [0.1, 0.15) is 17.3 Å². The van der Waals surface area contributed by atoms with Gasteiger partial charge in [0.25, 0.3) is 0 Å². The molecule has 1 N–H and O–H groups in total. The van der Waals surface area contributed by atoms with E-state index >= 15 is 0 Å². The highest BCUT2D eigenvalue weighted by Crippen LogP contribution is 2.38. The highest BCUT2D eigenvalue weighted by Gasteiger charge is 2.15. The quantitative estimate of drug-likeness (QED) is 0.284. The van der Waals surface area contributed by atoms with Crippen molar-refractivity contribution in [2.24, 2.45) is 5.10 Å². The van der Waals surface area contributed by atoms with E-state index in [1.807, 2.05) is 49.4 Å². The van der Waals surface area contributed by atoms with Gasteiger partial charge in [-0.2, -0.15) is 5.10 Å². The Hall–Kier alpha value is -4.13. The van der Waals surface area contributed by atoms with Crippen molar-refractivity contribution in [2.75, 3.05) is 19.6 Å². The fraction of sp³-hybridized carbons (Fsp3) is 0.192. The van der Waals surface area contributed by atoms with Crippen molar-refractivity contribution in [3.63, 3.8) is 0 Å². The maximum absolute atomic E-state index is 6.44. The third-order valence-electron chi connectivity index (χ3n) is 5.42. The molecule has 0 aliphatic rings. The Morgan fingerprint density at radius 1 is 0.818 bits per heavy atom. The summed E-state index contributed by atoms with van der Waals surface area (Å²) in [7, 11) is 3.21. The number of fused-ring (bicyclic) bond motifs is 1. The van der Waals surface area contributed by atoms with E-state index < -0.39 is 0 Å². The van der Waals surface area contributed by atoms with E-state index in [0.717, 1.165) is 33.3 Å². The lowest BCUT2D eigenvalue weighted by atomic mass is 10.0. The molecule has 7 nitrogen and oxygen atoms in total. The van der Waals surface area contributed by atoms with Crippen LogP contribution in [0.3, 0.4) is 0 Å². The Morgan fingerprint density at radius 2 is 1.58 bits per heavy atom. The molecule has 0 radical (unpaired) electrons. The lowest BCUT2D eigenvalue weighted by Gasteiger charge is -2.16. The summed E-state index contributed by atoms with van der Waals surface area (Å²) in [5, 5.41) is 5.35. The Morgan fingerprint density at radius 3 is 2.30 bits per heavy atom. The van der Waals surface area contributed by atoms with E-state index in [-0.39, 0.29) is 0 Å². The number of hydrogen-bond acceptors (Lipinski definition) is 7. The number of anilines is 1. The van der Waals surface area contributed by atoms with Gasteiger partial charge >= 0.3 is 0 Å². The smallest absolute Gasteiger partial charge is 0.162 e. The van der Waals surface area contributed by atoms with Crippen LogP contribution in [0.2, 0.25) is 0 Å². The molecule has 33 heavy (non-hydrogen) atoms. The van der Waals surface area contributed by atoms with Crippen molar-refractivity contribution in [2.45, 2.75) is 20.8 Å². The van der Waals surface area contributed by atoms with E-state index in [9.17, 15) is 0 Å². The molecule has 2 aromatic carbocycles. The molecule has 0 unspecified atom stereocenters. The minimum absolute atomic E-state index is 0.612. The Bertz CT molecular complexity index is 1320. The van der Waals surface area contributed by atoms with Crippen molar-refractivity contribution in [3.8, 4) is 23.0 Å². The third-order valence-corrected chi connectivity index (χ3v) is 5.42. The average Bonchev–Trinajstić information content (AvgIpc) is 2.84. The molecule has 0 saturated heterocycles. The summed E-state index contributed by atoms with van der Waals surface area (Å²) in [6.07, 6.45) is 3.43. The summed E-state index contributed by atoms with van der Waals surface area (Å²) >= 11 is 0. The number of aromatic nitrogens is 2. The number of nitrogens with zero attached hydrogens (tertiary/aromatic N) is 3. The zero-order valence-corrected chi connectivity index (χ0v) is 19.3. The molecule has 2 aromatic heterocycles. The number of aryl methyl sites for hydroxylation is 2. The molecule has 4 rings (SSSR count). The van der Waals surface area contributed by atoms with E-state index in [0.29, 0.717) is 28.8 Å². The number of pyridine rings is 2. The van der Waals surface area contributed by atoms with Crippen molar-refractivity contribution < 1.29 is 14.2 Å². The van der Waals surface area contributed by atoms with Gasteiger partial charge in [0.2, 0.25) is 0 Å². The number of ether oxygens (including phenoxy) is 3. The van der Waals surface area contributed by atoms with Crippen LogP contribution < -0.4 is 19.6 Å². The van der Waals surface area contributed by atoms with E-state index in [4.69, 9.17) is 14.2 Å². The molecule has 0 fully saturated rings. The minimum Gasteiger partial charge on any atom is -0.493 e. The maximum Gasteiger partial charge on any atom is 0.162 e. The zero-order valence-electron chi connectivity index (χ0n) is 19.3. The largest absolute Gasteiger partial charge is 0.493 e. The monoisotopic (exact) mass is 442 g/mol. The Kier molecular flexibility index (Phi) is 6.40. The van der Waals surface area contributed by atoms with Gasteiger partial charge in [-0.3, -0.25) is 10.4 Å². The summed E-state index contributed by atoms with van der Waals surface area (Å²) < 4.78 is 17.3. The van der Waals surface area contributed by atoms with Crippen LogP contribution in [0.1, 0.15) is 23.6 Å². The molecule has 4 aromatic rings. The maximum atomic E-state index is 6.44. The molecule has 168 valence electrons. The summed E-state index contributed by atoms with van der Waals surface area (Å²) in [6, 6.07) is 15.3. The molecule has 0 spiro atoms. The van der Waals surface area contributed by atoms with Crippen LogP contribution >= 0.6 is 0 Å². The molecular weight excluding hydrogens is 416 g/mol. The standard InChI is InChI=1S/C26H26N4O3/c1-16-12-19(18(3)29-30-26-8-6-7-10-28-26)23(13-17(16)2)33-22-9-11-27-21-15-25(32-5)24(31-4)14-20(21)22/h6-15H,1-5H3,(H,28,30)/b29-18-. The zero-order chi connectivity index (χ0) is 23.4. The predicted octanol–water partition coefficient (Wildman–Crippen LogP) is 5.89. The van der Waals surface area contributed by atoms with Crippen molar-refractivity contribution in [3.05, 3.63) is 77.6 Å². The van der Waals surface area contributed by atoms with E-state index in [2.05, 4.69) is 40.4 Å². The fourth-order valence-corrected chi connectivity index (χ4v) is 3.44. The number of hydrogen-bond donors (Lipinski definition) is 1. The summed E-state index contributed by atoms with van der Waals surface area (Å²) in [6.45, 7) is 6.07. The summed E-state index contributed by atoms with van der Waals surface area (Å²) in [5.41, 5.74) is 7.68. The molecule has 0 aliphatic heterocycles. The third kappa shape index (κ3) is 4.72. The number of nitrogens with one attached hydrogen (secondary N) is 1. The highest BCUT2D eigenvalue weighted by molar-refractivity contribution is 6.02. The first-order valence-corrected chi connectivity index (χ1v) is 10.5. The summed E-state index contributed by atoms with van der Waals surface area (Å²) in [4.78, 5) is 8.72. The fourth-order valence-electron chi connectivity index (χ4n) is 3.44. The van der Waals surface area contributed by atoms with Crippen LogP contribution in [0.5, 0.6) is 23.0 Å². The Labute approximate surface area is 193 Å². The number of methoxy groups -OCH3 is 2. The number of benzene rings is 2. The van der Waals surface area contributed by atoms with Crippen molar-refractivity contribution >= 4 is 22.4 Å². The number of hydrazone groups is 1. The van der Waals surface area contributed by atoms with E-state index in [1.54, 1.807) is 26.6 Å². The first-order valence-electron chi connectivity index (χ1n) is 10.5. The topological polar surface area (TPSA) is 77.9 Å². The summed E-state index contributed by atoms with van der Waals surface area (Å²) in [5.74, 6) is 3.26. The lowest BCUT2D eigenvalue weighted by Crippen LogP contribution is -2.04. The second kappa shape index (κ2) is 9.56. The Balaban J connectivity index is 1.75. The van der Waals surface area contributed by atoms with Gasteiger partial charge in [-0.1, -0.05) is 6.07 Å². The van der Waals surface area contributed by atoms with Crippen LogP contribution in [0.25, 0.3) is 10.9 Å². The van der Waals surface area contributed by atoms with Crippen LogP contribution in [0, 0.1) is 13.8 Å². The number of rotatable bonds is 7. The molecule has 0 saturated carbocycles. The first kappa shape index (κ1) is 22.1. The van der Waals surface area contributed by atoms with Gasteiger partial charge < -0.3 is 14.2 Å². The van der Waals surface area contributed by atoms with Crippen LogP contribution in [-0.4, -0.2) is 29.9 Å². The molecule has 2 heterocycles. The molecule has 0 amide bonds. The van der Waals surface area contributed by atoms with Crippen molar-refractivity contribution in [1.82, 2.24) is 9.97 Å². The molecule has 0 aliphatic carbocycles. The second-order valence-corrected chi connectivity index (χ2v) is 7.59. The van der Waals surface area contributed by atoms with Gasteiger partial charge in [-0.25, -0.2) is 4.98 Å². The average molecular weight is 443 g/mol. The molecule has 7 heteroatoms. The predicted molar refractivity (Wildman–Crippen MR) is 131 cm³/mol. The SMILES string of the molecule is COc1cc2nccc(Oc3cc(C)c(C)cc3/C(C)=N\Nc3ccccn3)c2cc1OC. The first-order chi connectivity index (χ1) is 16.0. The normalized spacial score (nSPS) is 11.4. The second-order valence-electron chi connectivity index (χ2n) is 7.59. The van der Waals surface area contributed by atoms with Gasteiger partial charge in [0.05, 0.1) is 25.4 Å². The van der Waals surface area contributed by atoms with Crippen LogP contribution in [0.15, 0.2) is 66.0 Å². The van der Waals surface area contributed by atoms with Crippen molar-refractivity contribution in [1.29, 1.82) is 0 Å². The van der Waals surface area contributed by atoms with Gasteiger partial charge in [0, 0.05) is 29.4 Å². The minimum atomic E-state index is 0.612. The molecule has 0 atom stereocenters. The van der Waals surface area contributed by atoms with Gasteiger partial charge in [0.15, 0.2) is 11.5 Å². The lowest BCUT2D eigenvalue weighted by molar-refractivity contribution is 0.355. The van der Waals surface area contributed by atoms with Crippen LogP contribution in [-0.2, 0) is 0 Å². The highest BCUT2D eigenvalue weighted by atomic mass is 16.5. The van der Waals surface area contributed by atoms with Gasteiger partial charge in [-0.05, 0) is 68.3 Å². The molecular formula is C26H26N4O3. The molecule has 0 bridgehead atoms. The van der Waals surface area contributed by atoms with Crippen LogP contribution in [0.4, 0.5) is 5.82 Å². The van der Waals surface area contributed by atoms with Gasteiger partial charge in [-0.15, -0.1) is 0 Å². The van der Waals surface area contributed by atoms with E-state index in [1.165, 1.54) is 0 Å².